The molecule has 2 saturated heterocycles. The molecule has 26 heavy (non-hydrogen) atoms. The highest BCUT2D eigenvalue weighted by Crippen LogP contribution is 2.24. The topological polar surface area (TPSA) is 71.4 Å². The fourth-order valence-electron chi connectivity index (χ4n) is 3.63. The molecule has 7 nitrogen and oxygen atoms in total. The lowest BCUT2D eigenvalue weighted by molar-refractivity contribution is -0.918. The van der Waals surface area contributed by atoms with Crippen molar-refractivity contribution in [1.82, 2.24) is 4.90 Å². The molecule has 0 bridgehead atoms. The van der Waals surface area contributed by atoms with Crippen molar-refractivity contribution >= 4 is 23.6 Å². The number of hydrogen-bond acceptors (Lipinski definition) is 4. The lowest BCUT2D eigenvalue weighted by Crippen LogP contribution is -3.19. The Hall–Kier alpha value is -2.41. The number of rotatable bonds is 3. The van der Waals surface area contributed by atoms with Gasteiger partial charge >= 0.3 is 6.09 Å². The molecule has 2 heterocycles. The summed E-state index contributed by atoms with van der Waals surface area (Å²) >= 11 is 0. The van der Waals surface area contributed by atoms with E-state index in [1.165, 1.54) is 4.90 Å². The van der Waals surface area contributed by atoms with Gasteiger partial charge in [0.2, 0.25) is 5.91 Å². The lowest BCUT2D eigenvalue weighted by Gasteiger charge is -2.33. The van der Waals surface area contributed by atoms with Crippen LogP contribution >= 0.6 is 0 Å². The second kappa shape index (κ2) is 7.45. The highest BCUT2D eigenvalue weighted by atomic mass is 16.6. The van der Waals surface area contributed by atoms with Gasteiger partial charge in [0.05, 0.1) is 44.9 Å². The Morgan fingerprint density at radius 2 is 1.88 bits per heavy atom. The van der Waals surface area contributed by atoms with E-state index in [4.69, 9.17) is 4.74 Å². The van der Waals surface area contributed by atoms with Gasteiger partial charge in [-0.3, -0.25) is 14.5 Å². The first kappa shape index (κ1) is 18.4. The summed E-state index contributed by atoms with van der Waals surface area (Å²) < 4.78 is 5.02. The summed E-state index contributed by atoms with van der Waals surface area (Å²) in [6.07, 6.45) is -0.0855. The fraction of sp³-hybridized carbons (Fsp3) is 0.526. The molecule has 7 heteroatoms. The zero-order valence-corrected chi connectivity index (χ0v) is 15.6. The molecule has 0 aliphatic carbocycles. The first-order chi connectivity index (χ1) is 12.4. The van der Waals surface area contributed by atoms with Crippen molar-refractivity contribution in [3.63, 3.8) is 0 Å². The lowest BCUT2D eigenvalue weighted by atomic mass is 10.1. The number of ether oxygens (including phenoxy) is 1. The molecule has 0 radical (unpaired) electrons. The standard InChI is InChI=1S/C19H25N3O4/c1-4-26-19(25)21-9-7-20(8-10-21)16-12-17(23)22(18(16)24)15-6-5-13(2)14(3)11-15/h5-6,11,16H,4,7-10,12H2,1-3H3/p+1/t16-/m0/s1. The summed E-state index contributed by atoms with van der Waals surface area (Å²) in [6.45, 7) is 8.47. The van der Waals surface area contributed by atoms with Gasteiger partial charge in [-0.2, -0.15) is 0 Å². The van der Waals surface area contributed by atoms with E-state index < -0.39 is 0 Å². The van der Waals surface area contributed by atoms with E-state index in [1.54, 1.807) is 11.8 Å². The van der Waals surface area contributed by atoms with Crippen molar-refractivity contribution in [1.29, 1.82) is 0 Å². The van der Waals surface area contributed by atoms with Gasteiger partial charge < -0.3 is 9.64 Å². The minimum absolute atomic E-state index is 0.141. The number of carbonyl (C=O) groups is 3. The summed E-state index contributed by atoms with van der Waals surface area (Å²) in [7, 11) is 0. The van der Waals surface area contributed by atoms with E-state index >= 15 is 0 Å². The Labute approximate surface area is 153 Å². The van der Waals surface area contributed by atoms with Crippen molar-refractivity contribution in [2.45, 2.75) is 33.2 Å². The van der Waals surface area contributed by atoms with E-state index in [1.807, 2.05) is 32.0 Å². The van der Waals surface area contributed by atoms with Crippen molar-refractivity contribution in [2.75, 3.05) is 37.7 Å². The van der Waals surface area contributed by atoms with Gasteiger partial charge in [-0.05, 0) is 44.0 Å². The minimum atomic E-state index is -0.367. The van der Waals surface area contributed by atoms with Crippen molar-refractivity contribution in [3.8, 4) is 0 Å². The maximum Gasteiger partial charge on any atom is 0.410 e. The number of nitrogens with zero attached hydrogens (tertiary/aromatic N) is 2. The number of imide groups is 1. The molecule has 140 valence electrons. The average Bonchev–Trinajstić information content (AvgIpc) is 2.92. The molecule has 2 fully saturated rings. The highest BCUT2D eigenvalue weighted by molar-refractivity contribution is 6.21. The molecule has 0 unspecified atom stereocenters. The maximum atomic E-state index is 12.9. The summed E-state index contributed by atoms with van der Waals surface area (Å²) in [5, 5.41) is 0. The molecule has 3 rings (SSSR count). The van der Waals surface area contributed by atoms with Gasteiger partial charge in [-0.1, -0.05) is 6.07 Å². The van der Waals surface area contributed by atoms with Gasteiger partial charge in [0.1, 0.15) is 0 Å². The summed E-state index contributed by atoms with van der Waals surface area (Å²) in [5.74, 6) is -0.290. The minimum Gasteiger partial charge on any atom is -0.450 e. The maximum absolute atomic E-state index is 12.9. The Balaban J connectivity index is 1.68. The Kier molecular flexibility index (Phi) is 5.27. The van der Waals surface area contributed by atoms with Crippen LogP contribution in [0.2, 0.25) is 0 Å². The second-order valence-corrected chi connectivity index (χ2v) is 6.94. The number of amides is 3. The van der Waals surface area contributed by atoms with Crippen LogP contribution in [0.5, 0.6) is 0 Å². The Morgan fingerprint density at radius 3 is 2.50 bits per heavy atom. The third-order valence-electron chi connectivity index (χ3n) is 5.32. The number of hydrogen-bond donors (Lipinski definition) is 1. The smallest absolute Gasteiger partial charge is 0.410 e. The summed E-state index contributed by atoms with van der Waals surface area (Å²) in [6, 6.07) is 5.29. The van der Waals surface area contributed by atoms with Crippen LogP contribution in [-0.4, -0.2) is 61.6 Å². The zero-order valence-electron chi connectivity index (χ0n) is 15.6. The van der Waals surface area contributed by atoms with Crippen LogP contribution in [0.3, 0.4) is 0 Å². The quantitative estimate of drug-likeness (QED) is 0.787. The first-order valence-electron chi connectivity index (χ1n) is 9.12. The second-order valence-electron chi connectivity index (χ2n) is 6.94. The van der Waals surface area contributed by atoms with Crippen LogP contribution in [0, 0.1) is 13.8 Å². The molecule has 1 aromatic carbocycles. The number of benzene rings is 1. The third kappa shape index (κ3) is 3.44. The molecule has 3 amide bonds. The number of piperazine rings is 1. The van der Waals surface area contributed by atoms with E-state index in [0.717, 1.165) is 16.0 Å². The van der Waals surface area contributed by atoms with Gasteiger partial charge in [-0.25, -0.2) is 9.69 Å². The molecule has 1 aromatic rings. The Bertz CT molecular complexity index is 725. The van der Waals surface area contributed by atoms with Gasteiger partial charge in [0.25, 0.3) is 5.91 Å². The predicted octanol–water partition coefficient (Wildman–Crippen LogP) is 0.292. The van der Waals surface area contributed by atoms with Crippen molar-refractivity contribution in [3.05, 3.63) is 29.3 Å². The SMILES string of the molecule is CCOC(=O)N1CC[NH+]([C@H]2CC(=O)N(c3ccc(C)c(C)c3)C2=O)CC1. The van der Waals surface area contributed by atoms with E-state index in [2.05, 4.69) is 0 Å². The number of carbonyl (C=O) groups excluding carboxylic acids is 3. The molecule has 1 atom stereocenters. The van der Waals surface area contributed by atoms with Gasteiger partial charge in [0, 0.05) is 0 Å². The third-order valence-corrected chi connectivity index (χ3v) is 5.32. The number of anilines is 1. The number of nitrogens with one attached hydrogen (secondary N) is 1. The average molecular weight is 360 g/mol. The molecule has 0 spiro atoms. The normalized spacial score (nSPS) is 21.4. The molecular formula is C19H26N3O4+. The van der Waals surface area contributed by atoms with E-state index in [9.17, 15) is 14.4 Å². The van der Waals surface area contributed by atoms with Crippen molar-refractivity contribution < 1.29 is 24.0 Å². The monoisotopic (exact) mass is 360 g/mol. The largest absolute Gasteiger partial charge is 0.450 e. The van der Waals surface area contributed by atoms with Crippen LogP contribution in [0.4, 0.5) is 10.5 Å². The first-order valence-corrected chi connectivity index (χ1v) is 9.12. The van der Waals surface area contributed by atoms with Crippen LogP contribution in [0.25, 0.3) is 0 Å². The molecule has 2 aliphatic rings. The van der Waals surface area contributed by atoms with Crippen LogP contribution < -0.4 is 9.80 Å². The molecule has 2 aliphatic heterocycles. The molecule has 1 N–H and O–H groups in total. The molecule has 0 aromatic heterocycles. The highest BCUT2D eigenvalue weighted by Gasteiger charge is 2.46. The van der Waals surface area contributed by atoms with Crippen LogP contribution in [0.1, 0.15) is 24.5 Å². The van der Waals surface area contributed by atoms with Crippen LogP contribution in [0.15, 0.2) is 18.2 Å². The van der Waals surface area contributed by atoms with Crippen LogP contribution in [-0.2, 0) is 14.3 Å². The molecule has 0 saturated carbocycles. The zero-order chi connectivity index (χ0) is 18.8. The van der Waals surface area contributed by atoms with E-state index in [-0.39, 0.29) is 30.4 Å². The van der Waals surface area contributed by atoms with E-state index in [0.29, 0.717) is 38.5 Å². The number of aryl methyl sites for hydroxylation is 2. The molecular weight excluding hydrogens is 334 g/mol. The summed E-state index contributed by atoms with van der Waals surface area (Å²) in [4.78, 5) is 41.3. The van der Waals surface area contributed by atoms with Gasteiger partial charge in [-0.15, -0.1) is 0 Å². The number of quaternary nitrogens is 1. The Morgan fingerprint density at radius 1 is 1.19 bits per heavy atom. The predicted molar refractivity (Wildman–Crippen MR) is 96.1 cm³/mol. The van der Waals surface area contributed by atoms with Crippen molar-refractivity contribution in [2.24, 2.45) is 0 Å². The summed E-state index contributed by atoms with van der Waals surface area (Å²) in [5.41, 5.74) is 2.84. The van der Waals surface area contributed by atoms with Gasteiger partial charge in [0.15, 0.2) is 6.04 Å². The fourth-order valence-corrected chi connectivity index (χ4v) is 3.63.